The molecule has 102 valence electrons. The normalized spacial score (nSPS) is 27.2. The second-order valence-corrected chi connectivity index (χ2v) is 5.77. The van der Waals surface area contributed by atoms with Crippen molar-refractivity contribution in [2.45, 2.75) is 46.6 Å². The molecule has 0 bridgehead atoms. The molecule has 0 spiro atoms. The van der Waals surface area contributed by atoms with Gasteiger partial charge in [0.15, 0.2) is 0 Å². The molecule has 0 radical (unpaired) electrons. The van der Waals surface area contributed by atoms with Crippen molar-refractivity contribution in [3.8, 4) is 6.07 Å². The van der Waals surface area contributed by atoms with E-state index < -0.39 is 5.41 Å². The van der Waals surface area contributed by atoms with Gasteiger partial charge in [0.05, 0.1) is 12.1 Å². The van der Waals surface area contributed by atoms with Gasteiger partial charge in [0.25, 0.3) is 0 Å². The third-order valence-electron chi connectivity index (χ3n) is 3.94. The van der Waals surface area contributed by atoms with Crippen LogP contribution in [0.1, 0.15) is 49.8 Å². The Kier molecular flexibility index (Phi) is 3.40. The van der Waals surface area contributed by atoms with Gasteiger partial charge >= 0.3 is 0 Å². The Morgan fingerprint density at radius 1 is 1.58 bits per heavy atom. The van der Waals surface area contributed by atoms with Gasteiger partial charge in [0.1, 0.15) is 16.9 Å². The number of hydrogen-bond donors (Lipinski definition) is 1. The van der Waals surface area contributed by atoms with Gasteiger partial charge in [-0.25, -0.2) is 0 Å². The van der Waals surface area contributed by atoms with E-state index in [9.17, 15) is 10.1 Å². The minimum atomic E-state index is -0.819. The van der Waals surface area contributed by atoms with E-state index in [1.54, 1.807) is 0 Å². The summed E-state index contributed by atoms with van der Waals surface area (Å²) in [6, 6.07) is 3.99. The molecule has 0 aliphatic heterocycles. The van der Waals surface area contributed by atoms with Crippen molar-refractivity contribution in [3.05, 3.63) is 23.2 Å². The number of nitriles is 1. The molecule has 4 heteroatoms. The predicted octanol–water partition coefficient (Wildman–Crippen LogP) is 3.01. The molecule has 1 atom stereocenters. The first-order chi connectivity index (χ1) is 8.88. The molecular weight excluding hydrogens is 240 g/mol. The van der Waals surface area contributed by atoms with E-state index in [2.05, 4.69) is 18.3 Å². The molecule has 1 aromatic rings. The van der Waals surface area contributed by atoms with Crippen LogP contribution in [-0.4, -0.2) is 5.91 Å². The summed E-state index contributed by atoms with van der Waals surface area (Å²) in [7, 11) is 0. The lowest BCUT2D eigenvalue weighted by Gasteiger charge is -2.39. The molecule has 4 nitrogen and oxygen atoms in total. The van der Waals surface area contributed by atoms with E-state index in [0.717, 1.165) is 17.1 Å². The molecule has 19 heavy (non-hydrogen) atoms. The Balaban J connectivity index is 2.07. The first kappa shape index (κ1) is 13.7. The average Bonchev–Trinajstić information content (AvgIpc) is 2.63. The first-order valence-corrected chi connectivity index (χ1v) is 6.67. The second-order valence-electron chi connectivity index (χ2n) is 5.77. The number of amides is 1. The Bertz CT molecular complexity index is 533. The number of nitrogens with one attached hydrogen (secondary N) is 1. The van der Waals surface area contributed by atoms with Crippen molar-refractivity contribution in [2.24, 2.45) is 11.3 Å². The van der Waals surface area contributed by atoms with Crippen LogP contribution in [-0.2, 0) is 4.79 Å². The topological polar surface area (TPSA) is 66.0 Å². The van der Waals surface area contributed by atoms with Crippen LogP contribution < -0.4 is 5.32 Å². The molecule has 1 aromatic heterocycles. The fourth-order valence-electron chi connectivity index (χ4n) is 2.95. The summed E-state index contributed by atoms with van der Waals surface area (Å²) in [6.45, 7) is 7.75. The third-order valence-corrected chi connectivity index (χ3v) is 3.94. The van der Waals surface area contributed by atoms with Crippen LogP contribution in [0, 0.1) is 36.5 Å². The van der Waals surface area contributed by atoms with Crippen molar-refractivity contribution in [2.75, 3.05) is 0 Å². The number of rotatable bonds is 3. The summed E-state index contributed by atoms with van der Waals surface area (Å²) in [4.78, 5) is 12.3. The van der Waals surface area contributed by atoms with Crippen LogP contribution in [0.25, 0.3) is 0 Å². The number of hydrogen-bond acceptors (Lipinski definition) is 3. The highest BCUT2D eigenvalue weighted by atomic mass is 16.3. The molecule has 1 aliphatic rings. The monoisotopic (exact) mass is 260 g/mol. The van der Waals surface area contributed by atoms with E-state index >= 15 is 0 Å². The van der Waals surface area contributed by atoms with Crippen LogP contribution in [0.2, 0.25) is 0 Å². The van der Waals surface area contributed by atoms with E-state index in [0.29, 0.717) is 18.8 Å². The number of carbonyl (C=O) groups is 1. The fourth-order valence-corrected chi connectivity index (χ4v) is 2.95. The van der Waals surface area contributed by atoms with Gasteiger partial charge in [-0.3, -0.25) is 4.79 Å². The predicted molar refractivity (Wildman–Crippen MR) is 71.2 cm³/mol. The molecule has 1 N–H and O–H groups in total. The van der Waals surface area contributed by atoms with E-state index in [-0.39, 0.29) is 11.9 Å². The van der Waals surface area contributed by atoms with Crippen molar-refractivity contribution in [1.82, 2.24) is 5.32 Å². The molecule has 1 saturated carbocycles. The summed E-state index contributed by atoms with van der Waals surface area (Å²) in [5.41, 5.74) is 0.159. The smallest absolute Gasteiger partial charge is 0.240 e. The van der Waals surface area contributed by atoms with Gasteiger partial charge in [0.2, 0.25) is 5.91 Å². The van der Waals surface area contributed by atoms with E-state index in [1.165, 1.54) is 0 Å². The molecule has 0 saturated heterocycles. The largest absolute Gasteiger partial charge is 0.466 e. The van der Waals surface area contributed by atoms with Crippen molar-refractivity contribution < 1.29 is 9.21 Å². The highest BCUT2D eigenvalue weighted by Gasteiger charge is 2.49. The van der Waals surface area contributed by atoms with E-state index in [1.807, 2.05) is 26.8 Å². The zero-order valence-electron chi connectivity index (χ0n) is 11.9. The summed E-state index contributed by atoms with van der Waals surface area (Å²) >= 11 is 0. The average molecular weight is 260 g/mol. The highest BCUT2D eigenvalue weighted by molar-refractivity contribution is 5.86. The Morgan fingerprint density at radius 3 is 2.63 bits per heavy atom. The number of furan rings is 1. The number of carbonyl (C=O) groups excluding carboxylic acids is 1. The van der Waals surface area contributed by atoms with Crippen molar-refractivity contribution >= 4 is 5.91 Å². The van der Waals surface area contributed by atoms with E-state index in [4.69, 9.17) is 4.42 Å². The summed E-state index contributed by atoms with van der Waals surface area (Å²) < 4.78 is 5.47. The molecule has 1 unspecified atom stereocenters. The molecule has 1 fully saturated rings. The SMILES string of the molecule is Cc1cc(C(C)NC(=O)C2(C#N)CC(C)C2)c(C)o1. The summed E-state index contributed by atoms with van der Waals surface area (Å²) in [5, 5.41) is 12.2. The maximum atomic E-state index is 12.3. The quantitative estimate of drug-likeness (QED) is 0.908. The van der Waals surface area contributed by atoms with Crippen LogP contribution in [0.3, 0.4) is 0 Å². The lowest BCUT2D eigenvalue weighted by Crippen LogP contribution is -2.48. The molecule has 2 rings (SSSR count). The Labute approximate surface area is 113 Å². The minimum absolute atomic E-state index is 0.133. The zero-order valence-corrected chi connectivity index (χ0v) is 11.9. The molecular formula is C15H20N2O2. The van der Waals surface area contributed by atoms with Gasteiger partial charge in [0, 0.05) is 5.56 Å². The van der Waals surface area contributed by atoms with Crippen molar-refractivity contribution in [1.29, 1.82) is 5.26 Å². The lowest BCUT2D eigenvalue weighted by atomic mass is 9.63. The molecule has 1 amide bonds. The van der Waals surface area contributed by atoms with Gasteiger partial charge in [-0.05, 0) is 45.6 Å². The number of nitrogens with zero attached hydrogens (tertiary/aromatic N) is 1. The molecule has 0 aromatic carbocycles. The maximum Gasteiger partial charge on any atom is 0.240 e. The Morgan fingerprint density at radius 2 is 2.21 bits per heavy atom. The second kappa shape index (κ2) is 4.73. The van der Waals surface area contributed by atoms with Gasteiger partial charge in [-0.15, -0.1) is 0 Å². The first-order valence-electron chi connectivity index (χ1n) is 6.67. The van der Waals surface area contributed by atoms with Crippen molar-refractivity contribution in [3.63, 3.8) is 0 Å². The standard InChI is InChI=1S/C15H20N2O2/c1-9-6-15(7-9,8-16)14(18)17-11(3)13-5-10(2)19-12(13)4/h5,9,11H,6-7H2,1-4H3,(H,17,18). The lowest BCUT2D eigenvalue weighted by molar-refractivity contribution is -0.134. The van der Waals surface area contributed by atoms with Gasteiger partial charge in [-0.1, -0.05) is 6.92 Å². The van der Waals surface area contributed by atoms with Crippen LogP contribution >= 0.6 is 0 Å². The highest BCUT2D eigenvalue weighted by Crippen LogP contribution is 2.45. The summed E-state index contributed by atoms with van der Waals surface area (Å²) in [5.74, 6) is 1.96. The zero-order chi connectivity index (χ0) is 14.2. The maximum absolute atomic E-state index is 12.3. The Hall–Kier alpha value is -1.76. The van der Waals surface area contributed by atoms with Crippen LogP contribution in [0.4, 0.5) is 0 Å². The van der Waals surface area contributed by atoms with Gasteiger partial charge in [-0.2, -0.15) is 5.26 Å². The third kappa shape index (κ3) is 2.37. The number of aryl methyl sites for hydroxylation is 2. The van der Waals surface area contributed by atoms with Crippen LogP contribution in [0.15, 0.2) is 10.5 Å². The summed E-state index contributed by atoms with van der Waals surface area (Å²) in [6.07, 6.45) is 1.32. The molecule has 1 heterocycles. The fraction of sp³-hybridized carbons (Fsp3) is 0.600. The van der Waals surface area contributed by atoms with Crippen LogP contribution in [0.5, 0.6) is 0 Å². The van der Waals surface area contributed by atoms with Gasteiger partial charge < -0.3 is 9.73 Å². The minimum Gasteiger partial charge on any atom is -0.466 e. The molecule has 1 aliphatic carbocycles.